The van der Waals surface area contributed by atoms with Crippen LogP contribution in [0.3, 0.4) is 0 Å². The first-order chi connectivity index (χ1) is 15.1. The van der Waals surface area contributed by atoms with Gasteiger partial charge in [-0.15, -0.1) is 11.7 Å². The molecule has 0 atom stereocenters. The van der Waals surface area contributed by atoms with Gasteiger partial charge in [-0.05, 0) is 37.3 Å². The van der Waals surface area contributed by atoms with Crippen LogP contribution >= 0.6 is 11.3 Å². The van der Waals surface area contributed by atoms with E-state index < -0.39 is 0 Å². The Bertz CT molecular complexity index is 1440. The van der Waals surface area contributed by atoms with E-state index >= 15 is 0 Å². The number of aromatic nitrogens is 3. The van der Waals surface area contributed by atoms with Crippen LogP contribution in [-0.2, 0) is 4.79 Å². The summed E-state index contributed by atoms with van der Waals surface area (Å²) >= 11 is 1.18. The van der Waals surface area contributed by atoms with Crippen LogP contribution < -0.4 is 19.7 Å². The van der Waals surface area contributed by atoms with Gasteiger partial charge in [-0.1, -0.05) is 35.6 Å². The zero-order chi connectivity index (χ0) is 21.5. The largest absolute Gasteiger partial charge is 0.494 e. The van der Waals surface area contributed by atoms with E-state index in [4.69, 9.17) is 4.74 Å². The van der Waals surface area contributed by atoms with Crippen LogP contribution in [0.2, 0.25) is 0 Å². The molecule has 154 valence electrons. The number of carbonyl (C=O) groups is 1. The van der Waals surface area contributed by atoms with Gasteiger partial charge in [0.1, 0.15) is 10.3 Å². The minimum Gasteiger partial charge on any atom is -0.494 e. The molecule has 2 aromatic heterocycles. The Morgan fingerprint density at radius 1 is 1.13 bits per heavy atom. The maximum atomic E-state index is 13.2. The minimum atomic E-state index is -0.344. The third-order valence-electron chi connectivity index (χ3n) is 5.04. The molecule has 1 aliphatic heterocycles. The summed E-state index contributed by atoms with van der Waals surface area (Å²) in [5.74, 6) is 1.00. The van der Waals surface area contributed by atoms with Crippen LogP contribution in [0.15, 0.2) is 66.0 Å². The van der Waals surface area contributed by atoms with Gasteiger partial charge in [0.2, 0.25) is 4.96 Å². The van der Waals surface area contributed by atoms with Crippen molar-refractivity contribution in [1.29, 1.82) is 0 Å². The van der Waals surface area contributed by atoms with Gasteiger partial charge >= 0.3 is 0 Å². The number of carbonyl (C=O) groups excluding carboxylic acids is 1. The summed E-state index contributed by atoms with van der Waals surface area (Å²) in [6, 6.07) is 14.8. The molecule has 0 unspecified atom stereocenters. The topological polar surface area (TPSA) is 76.8 Å². The van der Waals surface area contributed by atoms with E-state index in [1.54, 1.807) is 11.0 Å². The lowest BCUT2D eigenvalue weighted by Gasteiger charge is -2.13. The third kappa shape index (κ3) is 3.03. The SMILES string of the molecule is C=CCN1C(=O)/C(=c2\sc3nc(-c4ccc(OCC)cc4)nn3c2=O)c2ccccc21. The van der Waals surface area contributed by atoms with Gasteiger partial charge in [0.25, 0.3) is 11.5 Å². The zero-order valence-electron chi connectivity index (χ0n) is 16.7. The molecule has 7 nitrogen and oxygen atoms in total. The zero-order valence-corrected chi connectivity index (χ0v) is 17.6. The van der Waals surface area contributed by atoms with E-state index in [-0.39, 0.29) is 11.5 Å². The number of fused-ring (bicyclic) bond motifs is 2. The van der Waals surface area contributed by atoms with Crippen molar-refractivity contribution in [2.24, 2.45) is 0 Å². The fraction of sp³-hybridized carbons (Fsp3) is 0.130. The number of rotatable bonds is 5. The Labute approximate surface area is 181 Å². The number of benzene rings is 2. The van der Waals surface area contributed by atoms with Crippen molar-refractivity contribution in [2.45, 2.75) is 6.92 Å². The van der Waals surface area contributed by atoms with Gasteiger partial charge in [0.15, 0.2) is 5.82 Å². The molecule has 31 heavy (non-hydrogen) atoms. The quantitative estimate of drug-likeness (QED) is 0.455. The number of amides is 1. The van der Waals surface area contributed by atoms with Crippen molar-refractivity contribution in [1.82, 2.24) is 14.6 Å². The number of anilines is 1. The molecule has 2 aromatic carbocycles. The van der Waals surface area contributed by atoms with Crippen molar-refractivity contribution in [2.75, 3.05) is 18.1 Å². The lowest BCUT2D eigenvalue weighted by Crippen LogP contribution is -2.32. The molecule has 1 amide bonds. The fourth-order valence-electron chi connectivity index (χ4n) is 3.68. The second-order valence-corrected chi connectivity index (χ2v) is 7.90. The average molecular weight is 430 g/mol. The summed E-state index contributed by atoms with van der Waals surface area (Å²) in [6.45, 7) is 6.62. The van der Waals surface area contributed by atoms with Crippen LogP contribution in [0.25, 0.3) is 21.9 Å². The number of thiazole rings is 1. The molecule has 0 aliphatic carbocycles. The molecule has 5 rings (SSSR count). The van der Waals surface area contributed by atoms with Crippen molar-refractivity contribution in [3.05, 3.63) is 81.6 Å². The van der Waals surface area contributed by atoms with Gasteiger partial charge in [0.05, 0.1) is 17.9 Å². The molecule has 4 aromatic rings. The van der Waals surface area contributed by atoms with Crippen LogP contribution in [0.4, 0.5) is 5.69 Å². The van der Waals surface area contributed by atoms with Gasteiger partial charge < -0.3 is 9.64 Å². The van der Waals surface area contributed by atoms with E-state index in [1.807, 2.05) is 55.5 Å². The number of nitrogens with zero attached hydrogens (tertiary/aromatic N) is 4. The molecule has 3 heterocycles. The van der Waals surface area contributed by atoms with Gasteiger partial charge in [-0.2, -0.15) is 9.50 Å². The number of hydrogen-bond acceptors (Lipinski definition) is 6. The average Bonchev–Trinajstić information content (AvgIpc) is 3.41. The Hall–Kier alpha value is -3.78. The Kier molecular flexibility index (Phi) is 4.63. The van der Waals surface area contributed by atoms with Crippen molar-refractivity contribution in [3.8, 4) is 17.1 Å². The van der Waals surface area contributed by atoms with Gasteiger partial charge in [-0.3, -0.25) is 9.59 Å². The first-order valence-corrected chi connectivity index (χ1v) is 10.6. The fourth-order valence-corrected chi connectivity index (χ4v) is 4.68. The van der Waals surface area contributed by atoms with Gasteiger partial charge in [-0.25, -0.2) is 0 Å². The van der Waals surface area contributed by atoms with E-state index in [0.29, 0.717) is 34.0 Å². The highest BCUT2D eigenvalue weighted by Crippen LogP contribution is 2.35. The van der Waals surface area contributed by atoms with Crippen molar-refractivity contribution in [3.63, 3.8) is 0 Å². The van der Waals surface area contributed by atoms with Gasteiger partial charge in [0, 0.05) is 17.7 Å². The molecule has 0 radical (unpaired) electrons. The summed E-state index contributed by atoms with van der Waals surface area (Å²) in [6.07, 6.45) is 1.67. The Balaban J connectivity index is 1.64. The third-order valence-corrected chi connectivity index (χ3v) is 6.07. The summed E-state index contributed by atoms with van der Waals surface area (Å²) in [5.41, 5.74) is 2.34. The molecule has 8 heteroatoms. The highest BCUT2D eigenvalue weighted by Gasteiger charge is 2.33. The first-order valence-electron chi connectivity index (χ1n) is 9.81. The molecule has 0 bridgehead atoms. The molecule has 0 saturated heterocycles. The predicted molar refractivity (Wildman–Crippen MR) is 120 cm³/mol. The summed E-state index contributed by atoms with van der Waals surface area (Å²) in [5, 5.41) is 4.39. The lowest BCUT2D eigenvalue weighted by atomic mass is 10.1. The molecule has 0 spiro atoms. The van der Waals surface area contributed by atoms with E-state index in [9.17, 15) is 9.59 Å². The number of hydrogen-bond donors (Lipinski definition) is 0. The van der Waals surface area contributed by atoms with E-state index in [0.717, 1.165) is 22.6 Å². The molecular weight excluding hydrogens is 412 g/mol. The normalized spacial score (nSPS) is 14.9. The molecule has 1 aliphatic rings. The van der Waals surface area contributed by atoms with Crippen LogP contribution in [0, 0.1) is 0 Å². The van der Waals surface area contributed by atoms with E-state index in [2.05, 4.69) is 16.7 Å². The highest BCUT2D eigenvalue weighted by molar-refractivity contribution is 7.15. The summed E-state index contributed by atoms with van der Waals surface area (Å²) in [7, 11) is 0. The minimum absolute atomic E-state index is 0.213. The van der Waals surface area contributed by atoms with E-state index in [1.165, 1.54) is 15.9 Å². The second-order valence-electron chi connectivity index (χ2n) is 6.92. The maximum absolute atomic E-state index is 13.2. The number of para-hydroxylation sites is 1. The maximum Gasteiger partial charge on any atom is 0.291 e. The van der Waals surface area contributed by atoms with Crippen molar-refractivity contribution < 1.29 is 9.53 Å². The second kappa shape index (κ2) is 7.48. The van der Waals surface area contributed by atoms with Crippen molar-refractivity contribution >= 4 is 33.5 Å². The Morgan fingerprint density at radius 2 is 1.90 bits per heavy atom. The molecule has 0 N–H and O–H groups in total. The Morgan fingerprint density at radius 3 is 2.61 bits per heavy atom. The first kappa shape index (κ1) is 19.2. The number of ether oxygens (including phenoxy) is 1. The molecule has 0 saturated carbocycles. The molecular formula is C23H18N4O3S. The monoisotopic (exact) mass is 430 g/mol. The highest BCUT2D eigenvalue weighted by atomic mass is 32.1. The lowest BCUT2D eigenvalue weighted by molar-refractivity contribution is -0.112. The summed E-state index contributed by atoms with van der Waals surface area (Å²) < 4.78 is 7.07. The molecule has 0 fully saturated rings. The predicted octanol–water partition coefficient (Wildman–Crippen LogP) is 2.67. The summed E-state index contributed by atoms with van der Waals surface area (Å²) in [4.78, 5) is 32.9. The van der Waals surface area contributed by atoms with Crippen LogP contribution in [0.5, 0.6) is 5.75 Å². The smallest absolute Gasteiger partial charge is 0.291 e. The van der Waals surface area contributed by atoms with Crippen LogP contribution in [0.1, 0.15) is 12.5 Å². The standard InChI is InChI=1S/C23H18N4O3S/c1-3-13-26-17-8-6-5-7-16(17)18(21(26)28)19-22(29)27-23(31-19)24-20(25-27)14-9-11-15(12-10-14)30-4-2/h3,5-12H,1,4,13H2,2H3/b19-18-. The van der Waals surface area contributed by atoms with Crippen LogP contribution in [-0.4, -0.2) is 33.7 Å².